The van der Waals surface area contributed by atoms with Crippen LogP contribution in [0.15, 0.2) is 35.2 Å². The second-order valence-electron chi connectivity index (χ2n) is 5.49. The van der Waals surface area contributed by atoms with Gasteiger partial charge in [-0.1, -0.05) is 31.2 Å². The third-order valence-corrected chi connectivity index (χ3v) is 4.57. The Morgan fingerprint density at radius 3 is 3.10 bits per heavy atom. The number of thiazole rings is 1. The van der Waals surface area contributed by atoms with E-state index in [4.69, 9.17) is 0 Å². The number of carbonyl (C=O) groups excluding carboxylic acids is 1. The Hall–Kier alpha value is -1.88. The normalized spacial score (nSPS) is 20.0. The van der Waals surface area contributed by atoms with Crippen LogP contribution in [0, 0.1) is 5.92 Å². The van der Waals surface area contributed by atoms with Crippen molar-refractivity contribution in [2.24, 2.45) is 5.92 Å². The Morgan fingerprint density at radius 2 is 2.29 bits per heavy atom. The van der Waals surface area contributed by atoms with Gasteiger partial charge >= 0.3 is 6.03 Å². The standard InChI is InChI=1S/C16H19N3OS/c1-11-8-12-4-2-3-5-14(12)15(11)19-16(20)17-7-6-13-9-21-10-18-13/h2-5,9-11,15H,6-8H2,1H3,(H2,17,19,20). The van der Waals surface area contributed by atoms with Gasteiger partial charge in [-0.25, -0.2) is 9.78 Å². The zero-order valence-corrected chi connectivity index (χ0v) is 12.8. The van der Waals surface area contributed by atoms with Crippen molar-refractivity contribution in [1.82, 2.24) is 15.6 Å². The minimum absolute atomic E-state index is 0.0983. The molecule has 2 N–H and O–H groups in total. The van der Waals surface area contributed by atoms with Gasteiger partial charge < -0.3 is 10.6 Å². The number of rotatable bonds is 4. The largest absolute Gasteiger partial charge is 0.338 e. The minimum Gasteiger partial charge on any atom is -0.338 e. The van der Waals surface area contributed by atoms with Gasteiger partial charge in [-0.15, -0.1) is 11.3 Å². The van der Waals surface area contributed by atoms with Gasteiger partial charge in [-0.05, 0) is 23.5 Å². The quantitative estimate of drug-likeness (QED) is 0.912. The van der Waals surface area contributed by atoms with Crippen molar-refractivity contribution < 1.29 is 4.79 Å². The van der Waals surface area contributed by atoms with Crippen LogP contribution in [0.5, 0.6) is 0 Å². The van der Waals surface area contributed by atoms with E-state index in [0.717, 1.165) is 18.5 Å². The van der Waals surface area contributed by atoms with Gasteiger partial charge in [0.15, 0.2) is 0 Å². The van der Waals surface area contributed by atoms with E-state index in [2.05, 4.69) is 40.7 Å². The Morgan fingerprint density at radius 1 is 1.43 bits per heavy atom. The molecule has 0 saturated carbocycles. The molecular formula is C16H19N3OS. The highest BCUT2D eigenvalue weighted by atomic mass is 32.1. The molecule has 1 aliphatic rings. The van der Waals surface area contributed by atoms with Crippen LogP contribution in [0.1, 0.15) is 29.8 Å². The Bertz CT molecular complexity index is 612. The maximum absolute atomic E-state index is 12.0. The summed E-state index contributed by atoms with van der Waals surface area (Å²) in [7, 11) is 0. The van der Waals surface area contributed by atoms with E-state index in [1.165, 1.54) is 11.1 Å². The molecule has 2 unspecified atom stereocenters. The zero-order chi connectivity index (χ0) is 14.7. The van der Waals surface area contributed by atoms with Crippen molar-refractivity contribution in [3.8, 4) is 0 Å². The van der Waals surface area contributed by atoms with E-state index in [-0.39, 0.29) is 12.1 Å². The molecule has 5 heteroatoms. The van der Waals surface area contributed by atoms with Gasteiger partial charge in [0.05, 0.1) is 17.2 Å². The molecule has 21 heavy (non-hydrogen) atoms. The number of nitrogens with zero attached hydrogens (tertiary/aromatic N) is 1. The maximum Gasteiger partial charge on any atom is 0.315 e. The highest BCUT2D eigenvalue weighted by Crippen LogP contribution is 2.35. The smallest absolute Gasteiger partial charge is 0.315 e. The number of urea groups is 1. The summed E-state index contributed by atoms with van der Waals surface area (Å²) in [6.45, 7) is 2.79. The molecular weight excluding hydrogens is 282 g/mol. The van der Waals surface area contributed by atoms with Crippen LogP contribution in [0.4, 0.5) is 4.79 Å². The molecule has 0 spiro atoms. The van der Waals surface area contributed by atoms with Crippen LogP contribution in [0.2, 0.25) is 0 Å². The van der Waals surface area contributed by atoms with Crippen molar-refractivity contribution in [3.63, 3.8) is 0 Å². The van der Waals surface area contributed by atoms with Crippen LogP contribution >= 0.6 is 11.3 Å². The molecule has 110 valence electrons. The Labute approximate surface area is 128 Å². The molecule has 0 aliphatic heterocycles. The molecule has 2 amide bonds. The van der Waals surface area contributed by atoms with Gasteiger partial charge in [-0.3, -0.25) is 0 Å². The maximum atomic E-state index is 12.0. The number of hydrogen-bond donors (Lipinski definition) is 2. The summed E-state index contributed by atoms with van der Waals surface area (Å²) in [6.07, 6.45) is 1.80. The van der Waals surface area contributed by atoms with Gasteiger partial charge in [0.1, 0.15) is 0 Å². The van der Waals surface area contributed by atoms with Crippen LogP contribution < -0.4 is 10.6 Å². The average molecular weight is 301 g/mol. The van der Waals surface area contributed by atoms with E-state index in [1.807, 2.05) is 17.0 Å². The van der Waals surface area contributed by atoms with Crippen molar-refractivity contribution in [3.05, 3.63) is 52.0 Å². The molecule has 1 aliphatic carbocycles. The number of fused-ring (bicyclic) bond motifs is 1. The summed E-state index contributed by atoms with van der Waals surface area (Å²) in [5.74, 6) is 0.437. The van der Waals surface area contributed by atoms with Gasteiger partial charge in [-0.2, -0.15) is 0 Å². The zero-order valence-electron chi connectivity index (χ0n) is 12.0. The number of aromatic nitrogens is 1. The molecule has 2 aromatic rings. The number of hydrogen-bond acceptors (Lipinski definition) is 3. The van der Waals surface area contributed by atoms with Gasteiger partial charge in [0.25, 0.3) is 0 Å². The number of benzene rings is 1. The Balaban J connectivity index is 1.53. The SMILES string of the molecule is CC1Cc2ccccc2C1NC(=O)NCCc1cscn1. The molecule has 0 saturated heterocycles. The topological polar surface area (TPSA) is 54.0 Å². The fraction of sp³-hybridized carbons (Fsp3) is 0.375. The number of carbonyl (C=O) groups is 1. The van der Waals surface area contributed by atoms with E-state index in [9.17, 15) is 4.79 Å². The van der Waals surface area contributed by atoms with Crippen molar-refractivity contribution in [2.75, 3.05) is 6.54 Å². The first-order valence-corrected chi connectivity index (χ1v) is 8.17. The fourth-order valence-electron chi connectivity index (χ4n) is 2.87. The second-order valence-corrected chi connectivity index (χ2v) is 6.21. The summed E-state index contributed by atoms with van der Waals surface area (Å²) in [5, 5.41) is 8.02. The van der Waals surface area contributed by atoms with E-state index >= 15 is 0 Å². The van der Waals surface area contributed by atoms with Crippen molar-refractivity contribution in [1.29, 1.82) is 0 Å². The molecule has 3 rings (SSSR count). The molecule has 4 nitrogen and oxygen atoms in total. The first-order valence-electron chi connectivity index (χ1n) is 7.23. The monoisotopic (exact) mass is 301 g/mol. The lowest BCUT2D eigenvalue weighted by Crippen LogP contribution is -2.39. The third kappa shape index (κ3) is 3.24. The second kappa shape index (κ2) is 6.26. The molecule has 0 radical (unpaired) electrons. The lowest BCUT2D eigenvalue weighted by molar-refractivity contribution is 0.233. The summed E-state index contributed by atoms with van der Waals surface area (Å²) in [4.78, 5) is 16.2. The number of amides is 2. The lowest BCUT2D eigenvalue weighted by Gasteiger charge is -2.19. The van der Waals surface area contributed by atoms with Crippen LogP contribution in [-0.2, 0) is 12.8 Å². The van der Waals surface area contributed by atoms with E-state index < -0.39 is 0 Å². The van der Waals surface area contributed by atoms with Crippen LogP contribution in [0.25, 0.3) is 0 Å². The predicted molar refractivity (Wildman–Crippen MR) is 84.4 cm³/mol. The lowest BCUT2D eigenvalue weighted by atomic mass is 10.0. The van der Waals surface area contributed by atoms with Crippen molar-refractivity contribution >= 4 is 17.4 Å². The predicted octanol–water partition coefficient (Wildman–Crippen LogP) is 2.92. The first-order chi connectivity index (χ1) is 10.2. The molecule has 0 fully saturated rings. The first kappa shape index (κ1) is 14.1. The highest BCUT2D eigenvalue weighted by molar-refractivity contribution is 7.07. The molecule has 1 aromatic heterocycles. The number of nitrogens with one attached hydrogen (secondary N) is 2. The van der Waals surface area contributed by atoms with E-state index in [0.29, 0.717) is 12.5 Å². The summed E-state index contributed by atoms with van der Waals surface area (Å²) < 4.78 is 0. The van der Waals surface area contributed by atoms with Gasteiger partial charge in [0, 0.05) is 18.3 Å². The molecule has 1 heterocycles. The molecule has 2 atom stereocenters. The Kier molecular flexibility index (Phi) is 4.20. The molecule has 0 bridgehead atoms. The third-order valence-electron chi connectivity index (χ3n) is 3.94. The van der Waals surface area contributed by atoms with Crippen molar-refractivity contribution in [2.45, 2.75) is 25.8 Å². The van der Waals surface area contributed by atoms with Crippen LogP contribution in [-0.4, -0.2) is 17.6 Å². The highest BCUT2D eigenvalue weighted by Gasteiger charge is 2.29. The molecule has 1 aromatic carbocycles. The van der Waals surface area contributed by atoms with Crippen LogP contribution in [0.3, 0.4) is 0 Å². The van der Waals surface area contributed by atoms with Gasteiger partial charge in [0.2, 0.25) is 0 Å². The minimum atomic E-state index is -0.0983. The fourth-order valence-corrected chi connectivity index (χ4v) is 3.47. The van der Waals surface area contributed by atoms with E-state index in [1.54, 1.807) is 11.3 Å². The summed E-state index contributed by atoms with van der Waals surface area (Å²) >= 11 is 1.58. The average Bonchev–Trinajstić information content (AvgIpc) is 3.08. The summed E-state index contributed by atoms with van der Waals surface area (Å²) in [6, 6.07) is 8.36. The summed E-state index contributed by atoms with van der Waals surface area (Å²) in [5.41, 5.74) is 5.43.